The van der Waals surface area contributed by atoms with Crippen LogP contribution < -0.4 is 5.32 Å². The van der Waals surface area contributed by atoms with Crippen LogP contribution in [0.4, 0.5) is 13.2 Å². The molecule has 1 heterocycles. The highest BCUT2D eigenvalue weighted by molar-refractivity contribution is 8.00. The van der Waals surface area contributed by atoms with Gasteiger partial charge in [-0.2, -0.15) is 13.2 Å². The van der Waals surface area contributed by atoms with Crippen molar-refractivity contribution in [2.24, 2.45) is 0 Å². The molecule has 1 aliphatic heterocycles. The molecule has 1 aromatic carbocycles. The smallest absolute Gasteiger partial charge is 0.311 e. The fraction of sp³-hybridized carbons (Fsp3) is 0.538. The summed E-state index contributed by atoms with van der Waals surface area (Å²) >= 11 is -0.0643. The zero-order chi connectivity index (χ0) is 13.2. The van der Waals surface area contributed by atoms with E-state index in [9.17, 15) is 13.2 Å². The lowest BCUT2D eigenvalue weighted by atomic mass is 9.91. The summed E-state index contributed by atoms with van der Waals surface area (Å²) in [6.45, 7) is 3.19. The first-order valence-corrected chi connectivity index (χ1v) is 6.78. The monoisotopic (exact) mass is 275 g/mol. The van der Waals surface area contributed by atoms with Crippen molar-refractivity contribution in [3.63, 3.8) is 0 Å². The first kappa shape index (κ1) is 13.7. The molecule has 1 aliphatic rings. The van der Waals surface area contributed by atoms with Crippen LogP contribution in [0.5, 0.6) is 0 Å². The number of hydrogen-bond acceptors (Lipinski definition) is 2. The van der Waals surface area contributed by atoms with Crippen LogP contribution >= 0.6 is 11.8 Å². The lowest BCUT2D eigenvalue weighted by Crippen LogP contribution is -2.38. The second-order valence-electron chi connectivity index (χ2n) is 4.96. The van der Waals surface area contributed by atoms with Crippen molar-refractivity contribution in [1.82, 2.24) is 5.32 Å². The molecule has 1 fully saturated rings. The Kier molecular flexibility index (Phi) is 3.92. The second-order valence-corrected chi connectivity index (χ2v) is 6.10. The predicted octanol–water partition coefficient (Wildman–Crippen LogP) is 3.98. The van der Waals surface area contributed by atoms with Crippen LogP contribution in [-0.4, -0.2) is 17.6 Å². The fourth-order valence-electron chi connectivity index (χ4n) is 2.37. The van der Waals surface area contributed by atoms with Gasteiger partial charge in [0, 0.05) is 10.4 Å². The Hall–Kier alpha value is -0.680. The molecular formula is C13H16F3NS. The van der Waals surface area contributed by atoms with Gasteiger partial charge in [-0.1, -0.05) is 12.1 Å². The van der Waals surface area contributed by atoms with Crippen LogP contribution in [0.2, 0.25) is 0 Å². The molecule has 1 atom stereocenters. The highest BCUT2D eigenvalue weighted by Gasteiger charge is 2.30. The number of thioether (sulfide) groups is 1. The molecule has 5 heteroatoms. The molecule has 0 bridgehead atoms. The molecule has 0 saturated carbocycles. The average molecular weight is 275 g/mol. The minimum absolute atomic E-state index is 0.0643. The van der Waals surface area contributed by atoms with E-state index >= 15 is 0 Å². The first-order chi connectivity index (χ1) is 8.36. The Morgan fingerprint density at radius 2 is 1.94 bits per heavy atom. The van der Waals surface area contributed by atoms with Crippen molar-refractivity contribution in [2.45, 2.75) is 42.1 Å². The molecule has 1 aromatic rings. The van der Waals surface area contributed by atoms with Crippen LogP contribution in [0.25, 0.3) is 0 Å². The highest BCUT2D eigenvalue weighted by Crippen LogP contribution is 2.37. The van der Waals surface area contributed by atoms with E-state index in [0.717, 1.165) is 24.9 Å². The third-order valence-corrected chi connectivity index (χ3v) is 3.95. The molecule has 1 saturated heterocycles. The van der Waals surface area contributed by atoms with Crippen LogP contribution in [0.1, 0.15) is 25.3 Å². The maximum atomic E-state index is 12.2. The van der Waals surface area contributed by atoms with Crippen molar-refractivity contribution in [2.75, 3.05) is 6.54 Å². The molecule has 0 spiro atoms. The summed E-state index contributed by atoms with van der Waals surface area (Å²) in [6, 6.07) is 6.68. The van der Waals surface area contributed by atoms with Gasteiger partial charge in [-0.15, -0.1) is 0 Å². The Morgan fingerprint density at radius 3 is 2.44 bits per heavy atom. The average Bonchev–Trinajstić information content (AvgIpc) is 2.66. The van der Waals surface area contributed by atoms with E-state index in [1.165, 1.54) is 6.42 Å². The first-order valence-electron chi connectivity index (χ1n) is 5.96. The summed E-state index contributed by atoms with van der Waals surface area (Å²) in [5.41, 5.74) is -3.03. The fourth-order valence-corrected chi connectivity index (χ4v) is 2.91. The van der Waals surface area contributed by atoms with Gasteiger partial charge in [0.05, 0.1) is 0 Å². The van der Waals surface area contributed by atoms with Gasteiger partial charge in [-0.05, 0) is 62.2 Å². The number of alkyl halides is 3. The molecule has 0 radical (unpaired) electrons. The Balaban J connectivity index is 1.99. The molecule has 1 unspecified atom stereocenters. The van der Waals surface area contributed by atoms with Gasteiger partial charge >= 0.3 is 5.51 Å². The van der Waals surface area contributed by atoms with Crippen molar-refractivity contribution in [3.05, 3.63) is 29.8 Å². The molecule has 2 rings (SSSR count). The molecule has 18 heavy (non-hydrogen) atoms. The van der Waals surface area contributed by atoms with Crippen molar-refractivity contribution in [1.29, 1.82) is 0 Å². The van der Waals surface area contributed by atoms with E-state index in [4.69, 9.17) is 0 Å². The number of nitrogens with one attached hydrogen (secondary N) is 1. The number of benzene rings is 1. The second kappa shape index (κ2) is 5.13. The maximum absolute atomic E-state index is 12.2. The van der Waals surface area contributed by atoms with E-state index in [-0.39, 0.29) is 22.2 Å². The minimum Gasteiger partial charge on any atom is -0.311 e. The summed E-state index contributed by atoms with van der Waals surface area (Å²) in [5, 5.41) is 3.45. The van der Waals surface area contributed by atoms with Crippen LogP contribution in [0, 0.1) is 0 Å². The maximum Gasteiger partial charge on any atom is 0.446 e. The van der Waals surface area contributed by atoms with Crippen molar-refractivity contribution in [3.8, 4) is 0 Å². The standard InChI is InChI=1S/C13H16F3NS/c1-12(7-2-8-17-12)9-10-3-5-11(6-4-10)18-13(14,15)16/h3-6,17H,2,7-9H2,1H3. The van der Waals surface area contributed by atoms with E-state index < -0.39 is 5.51 Å². The minimum atomic E-state index is -4.21. The van der Waals surface area contributed by atoms with Crippen molar-refractivity contribution < 1.29 is 13.2 Å². The number of hydrogen-bond donors (Lipinski definition) is 1. The highest BCUT2D eigenvalue weighted by atomic mass is 32.2. The van der Waals surface area contributed by atoms with Crippen molar-refractivity contribution >= 4 is 11.8 Å². The van der Waals surface area contributed by atoms with E-state index in [1.807, 2.05) is 0 Å². The normalized spacial score (nSPS) is 24.4. The van der Waals surface area contributed by atoms with E-state index in [0.29, 0.717) is 0 Å². The summed E-state index contributed by atoms with van der Waals surface area (Å²) in [4.78, 5) is 0.246. The van der Waals surface area contributed by atoms with Gasteiger partial charge in [0.15, 0.2) is 0 Å². The lowest BCUT2D eigenvalue weighted by Gasteiger charge is -2.24. The zero-order valence-electron chi connectivity index (χ0n) is 10.2. The van der Waals surface area contributed by atoms with E-state index in [1.54, 1.807) is 24.3 Å². The molecule has 100 valence electrons. The van der Waals surface area contributed by atoms with Gasteiger partial charge in [0.25, 0.3) is 0 Å². The Labute approximate surface area is 109 Å². The predicted molar refractivity (Wildman–Crippen MR) is 67.7 cm³/mol. The summed E-state index contributed by atoms with van der Waals surface area (Å²) in [6.07, 6.45) is 3.15. The summed E-state index contributed by atoms with van der Waals surface area (Å²) < 4.78 is 36.6. The quantitative estimate of drug-likeness (QED) is 0.837. The summed E-state index contributed by atoms with van der Waals surface area (Å²) in [7, 11) is 0. The van der Waals surface area contributed by atoms with Gasteiger partial charge in [0.1, 0.15) is 0 Å². The molecule has 0 amide bonds. The van der Waals surface area contributed by atoms with Gasteiger partial charge in [0.2, 0.25) is 0 Å². The molecule has 0 aromatic heterocycles. The molecular weight excluding hydrogens is 259 g/mol. The third-order valence-electron chi connectivity index (χ3n) is 3.21. The molecule has 0 aliphatic carbocycles. The molecule has 1 N–H and O–H groups in total. The van der Waals surface area contributed by atoms with Gasteiger partial charge < -0.3 is 5.32 Å². The van der Waals surface area contributed by atoms with Crippen LogP contribution in [-0.2, 0) is 6.42 Å². The van der Waals surface area contributed by atoms with Crippen LogP contribution in [0.15, 0.2) is 29.2 Å². The van der Waals surface area contributed by atoms with E-state index in [2.05, 4.69) is 12.2 Å². The Morgan fingerprint density at radius 1 is 1.28 bits per heavy atom. The summed E-state index contributed by atoms with van der Waals surface area (Å²) in [5.74, 6) is 0. The van der Waals surface area contributed by atoms with Crippen LogP contribution in [0.3, 0.4) is 0 Å². The third kappa shape index (κ3) is 3.92. The lowest BCUT2D eigenvalue weighted by molar-refractivity contribution is -0.0328. The Bertz CT molecular complexity index is 394. The number of halogens is 3. The van der Waals surface area contributed by atoms with Gasteiger partial charge in [-0.3, -0.25) is 0 Å². The largest absolute Gasteiger partial charge is 0.446 e. The number of rotatable bonds is 3. The molecule has 1 nitrogen and oxygen atoms in total. The zero-order valence-corrected chi connectivity index (χ0v) is 11.0. The SMILES string of the molecule is CC1(Cc2ccc(SC(F)(F)F)cc2)CCCN1. The topological polar surface area (TPSA) is 12.0 Å². The van der Waals surface area contributed by atoms with Gasteiger partial charge in [-0.25, -0.2) is 0 Å².